The minimum Gasteiger partial charge on any atom is -0.629 e. The highest BCUT2D eigenvalue weighted by molar-refractivity contribution is 6.20. The number of quaternary nitrogens is 1. The fourth-order valence-electron chi connectivity index (χ4n) is 2.44. The molecule has 2 aromatic rings. The van der Waals surface area contributed by atoms with Gasteiger partial charge >= 0.3 is 5.97 Å². The zero-order valence-corrected chi connectivity index (χ0v) is 15.2. The Hall–Kier alpha value is -3.27. The van der Waals surface area contributed by atoms with E-state index in [9.17, 15) is 14.8 Å². The molecule has 1 N–H and O–H groups in total. The van der Waals surface area contributed by atoms with Crippen LogP contribution in [-0.2, 0) is 20.9 Å². The Morgan fingerprint density at radius 2 is 1.93 bits per heavy atom. The number of rotatable bonds is 7. The smallest absolute Gasteiger partial charge is 0.342 e. The Kier molecular flexibility index (Phi) is 7.00. The van der Waals surface area contributed by atoms with E-state index in [1.165, 1.54) is 25.1 Å². The minimum atomic E-state index is -0.759. The highest BCUT2D eigenvalue weighted by Gasteiger charge is 2.19. The number of carbonyl (C=O) groups is 2. The molecule has 0 spiro atoms. The summed E-state index contributed by atoms with van der Waals surface area (Å²) in [7, 11) is 0. The summed E-state index contributed by atoms with van der Waals surface area (Å²) in [5, 5.41) is 21.1. The first kappa shape index (κ1) is 20.0. The molecule has 0 aliphatic carbocycles. The van der Waals surface area contributed by atoms with Gasteiger partial charge in [-0.3, -0.25) is 4.79 Å². The maximum absolute atomic E-state index is 12.4. The molecule has 2 rings (SSSR count). The summed E-state index contributed by atoms with van der Waals surface area (Å²) in [5.74, 6) is -1.22. The van der Waals surface area contributed by atoms with Gasteiger partial charge in [-0.05, 0) is 37.6 Å². The molecule has 1 unspecified atom stereocenters. The van der Waals surface area contributed by atoms with Crippen LogP contribution in [0.15, 0.2) is 54.1 Å². The summed E-state index contributed by atoms with van der Waals surface area (Å²) < 4.78 is 5.23. The summed E-state index contributed by atoms with van der Waals surface area (Å²) >= 11 is 0. The van der Waals surface area contributed by atoms with Gasteiger partial charge in [0.1, 0.15) is 17.9 Å². The van der Waals surface area contributed by atoms with E-state index in [4.69, 9.17) is 10.00 Å². The Bertz CT molecular complexity index is 898. The van der Waals surface area contributed by atoms with Gasteiger partial charge in [-0.25, -0.2) is 4.79 Å². The van der Waals surface area contributed by atoms with Crippen molar-refractivity contribution in [2.24, 2.45) is 0 Å². The molecule has 0 heterocycles. The van der Waals surface area contributed by atoms with E-state index in [0.717, 1.165) is 5.56 Å². The molecule has 2 aromatic carbocycles. The van der Waals surface area contributed by atoms with Crippen LogP contribution < -0.4 is 5.06 Å². The monoisotopic (exact) mass is 364 g/mol. The van der Waals surface area contributed by atoms with Gasteiger partial charge in [0.05, 0.1) is 18.2 Å². The molecule has 0 aromatic heterocycles. The molecule has 0 saturated carbocycles. The van der Waals surface area contributed by atoms with E-state index in [1.807, 2.05) is 36.4 Å². The molecule has 0 amide bonds. The van der Waals surface area contributed by atoms with Crippen molar-refractivity contribution >= 4 is 23.5 Å². The van der Waals surface area contributed by atoms with Crippen molar-refractivity contribution in [3.8, 4) is 6.07 Å². The number of nitrogens with zero attached hydrogens (tertiary/aromatic N) is 1. The van der Waals surface area contributed by atoms with E-state index < -0.39 is 11.8 Å². The molecule has 1 atom stereocenters. The summed E-state index contributed by atoms with van der Waals surface area (Å²) in [6.45, 7) is 3.25. The first-order valence-corrected chi connectivity index (χ1v) is 8.47. The molecule has 0 fully saturated rings. The van der Waals surface area contributed by atoms with Gasteiger partial charge in [0.25, 0.3) is 0 Å². The molecule has 138 valence electrons. The Labute approximate surface area is 157 Å². The third-order valence-corrected chi connectivity index (χ3v) is 3.92. The van der Waals surface area contributed by atoms with Crippen LogP contribution in [0.25, 0.3) is 6.08 Å². The molecule has 6 heteroatoms. The number of hydrogen-bond donors (Lipinski definition) is 1. The standard InChI is InChI=1S/C21H20N2O4/c1-3-23(26)20-11-17(13-22)9-10-18(20)12-19(15(2)24)21(25)27-14-16-7-5-4-6-8-16/h4-12,23H,3,14H2,1-2H3/b19-12+. The van der Waals surface area contributed by atoms with Gasteiger partial charge in [-0.1, -0.05) is 30.3 Å². The van der Waals surface area contributed by atoms with E-state index in [0.29, 0.717) is 16.8 Å². The largest absolute Gasteiger partial charge is 0.629 e. The summed E-state index contributed by atoms with van der Waals surface area (Å²) in [5.41, 5.74) is 1.68. The lowest BCUT2D eigenvalue weighted by Gasteiger charge is -2.22. The second-order valence-electron chi connectivity index (χ2n) is 5.87. The van der Waals surface area contributed by atoms with E-state index >= 15 is 0 Å². The number of nitrogens with one attached hydrogen (secondary N) is 1. The van der Waals surface area contributed by atoms with E-state index in [1.54, 1.807) is 13.0 Å². The van der Waals surface area contributed by atoms with Crippen LogP contribution in [0.3, 0.4) is 0 Å². The normalized spacial score (nSPS) is 12.1. The van der Waals surface area contributed by atoms with Crippen molar-refractivity contribution in [2.75, 3.05) is 6.54 Å². The number of hydrogen-bond acceptors (Lipinski definition) is 5. The average Bonchev–Trinajstić information content (AvgIpc) is 2.70. The molecule has 0 bridgehead atoms. The van der Waals surface area contributed by atoms with Gasteiger partial charge in [-0.15, -0.1) is 0 Å². The number of benzene rings is 2. The second kappa shape index (κ2) is 9.43. The van der Waals surface area contributed by atoms with Gasteiger partial charge < -0.3 is 15.0 Å². The lowest BCUT2D eigenvalue weighted by molar-refractivity contribution is -0.774. The van der Waals surface area contributed by atoms with Gasteiger partial charge in [0.2, 0.25) is 0 Å². The van der Waals surface area contributed by atoms with Crippen LogP contribution in [-0.4, -0.2) is 18.3 Å². The number of ketones is 1. The fraction of sp³-hybridized carbons (Fsp3) is 0.190. The second-order valence-corrected chi connectivity index (χ2v) is 5.87. The van der Waals surface area contributed by atoms with Crippen molar-refractivity contribution in [1.29, 1.82) is 5.26 Å². The molecule has 0 aliphatic rings. The Morgan fingerprint density at radius 1 is 1.22 bits per heavy atom. The number of esters is 1. The van der Waals surface area contributed by atoms with Crippen molar-refractivity contribution in [1.82, 2.24) is 0 Å². The summed E-state index contributed by atoms with van der Waals surface area (Å²) in [6.07, 6.45) is 1.35. The van der Waals surface area contributed by atoms with Crippen molar-refractivity contribution < 1.29 is 19.4 Å². The van der Waals surface area contributed by atoms with E-state index in [2.05, 4.69) is 0 Å². The predicted molar refractivity (Wildman–Crippen MR) is 101 cm³/mol. The van der Waals surface area contributed by atoms with Gasteiger partial charge in [-0.2, -0.15) is 5.26 Å². The molecule has 0 radical (unpaired) electrons. The number of carbonyl (C=O) groups excluding carboxylic acids is 2. The first-order chi connectivity index (χ1) is 13.0. The fourth-order valence-corrected chi connectivity index (χ4v) is 2.44. The highest BCUT2D eigenvalue weighted by Crippen LogP contribution is 2.19. The molecule has 0 saturated heterocycles. The minimum absolute atomic E-state index is 0.0401. The molecule has 27 heavy (non-hydrogen) atoms. The zero-order valence-electron chi connectivity index (χ0n) is 15.2. The van der Waals surface area contributed by atoms with E-state index in [-0.39, 0.29) is 23.8 Å². The number of ether oxygens (including phenoxy) is 1. The third-order valence-electron chi connectivity index (χ3n) is 3.92. The van der Waals surface area contributed by atoms with Gasteiger partial charge in [0, 0.05) is 11.6 Å². The van der Waals surface area contributed by atoms with Crippen LogP contribution >= 0.6 is 0 Å². The average molecular weight is 364 g/mol. The molecule has 0 aliphatic heterocycles. The summed E-state index contributed by atoms with van der Waals surface area (Å²) in [6, 6.07) is 15.6. The molecular formula is C21H20N2O4. The number of nitriles is 1. The van der Waals surface area contributed by atoms with Crippen LogP contribution in [0.4, 0.5) is 5.69 Å². The lowest BCUT2D eigenvalue weighted by atomic mass is 10.0. The topological polar surface area (TPSA) is 94.7 Å². The third kappa shape index (κ3) is 5.35. The van der Waals surface area contributed by atoms with Crippen molar-refractivity contribution in [3.05, 3.63) is 76.0 Å². The van der Waals surface area contributed by atoms with Crippen LogP contribution in [0.2, 0.25) is 0 Å². The van der Waals surface area contributed by atoms with Crippen molar-refractivity contribution in [2.45, 2.75) is 20.5 Å². The van der Waals surface area contributed by atoms with Crippen LogP contribution in [0.1, 0.15) is 30.5 Å². The molecular weight excluding hydrogens is 344 g/mol. The van der Waals surface area contributed by atoms with Crippen LogP contribution in [0, 0.1) is 16.5 Å². The van der Waals surface area contributed by atoms with Crippen molar-refractivity contribution in [3.63, 3.8) is 0 Å². The first-order valence-electron chi connectivity index (χ1n) is 8.47. The zero-order chi connectivity index (χ0) is 19.8. The Morgan fingerprint density at radius 3 is 2.52 bits per heavy atom. The molecule has 6 nitrogen and oxygen atoms in total. The number of Topliss-reactive ketones (excluding diaryl/α,β-unsaturated/α-hetero) is 1. The lowest BCUT2D eigenvalue weighted by Crippen LogP contribution is -3.01. The van der Waals surface area contributed by atoms with Gasteiger partial charge in [0.15, 0.2) is 5.78 Å². The predicted octanol–water partition coefficient (Wildman–Crippen LogP) is 2.31. The SMILES string of the molecule is CC[NH+]([O-])c1cc(C#N)ccc1/C=C(\C(C)=O)C(=O)OCc1ccccc1. The highest BCUT2D eigenvalue weighted by atomic mass is 16.5. The quantitative estimate of drug-likeness (QED) is 0.267. The number of hydroxylamine groups is 1. The van der Waals surface area contributed by atoms with Crippen LogP contribution in [0.5, 0.6) is 0 Å². The maximum atomic E-state index is 12.4. The summed E-state index contributed by atoms with van der Waals surface area (Å²) in [4.78, 5) is 24.4. The maximum Gasteiger partial charge on any atom is 0.342 e. The Balaban J connectivity index is 2.33.